The first-order valence-electron chi connectivity index (χ1n) is 6.79. The second-order valence-corrected chi connectivity index (χ2v) is 5.74. The van der Waals surface area contributed by atoms with Crippen LogP contribution in [0.2, 0.25) is 0 Å². The van der Waals surface area contributed by atoms with Crippen LogP contribution in [0.15, 0.2) is 30.3 Å². The van der Waals surface area contributed by atoms with Crippen LogP contribution in [-0.4, -0.2) is 18.5 Å². The lowest BCUT2D eigenvalue weighted by atomic mass is 9.68. The van der Waals surface area contributed by atoms with Gasteiger partial charge in [0.25, 0.3) is 0 Å². The third kappa shape index (κ3) is 2.03. The van der Waals surface area contributed by atoms with Crippen LogP contribution in [0.3, 0.4) is 0 Å². The van der Waals surface area contributed by atoms with Gasteiger partial charge in [-0.15, -0.1) is 0 Å². The molecule has 1 aromatic rings. The summed E-state index contributed by atoms with van der Waals surface area (Å²) in [5.74, 6) is 0.495. The highest BCUT2D eigenvalue weighted by Crippen LogP contribution is 2.44. The lowest BCUT2D eigenvalue weighted by Crippen LogP contribution is -2.50. The average molecular weight is 244 g/mol. The number of nitrogens with two attached hydrogens (primary N) is 1. The van der Waals surface area contributed by atoms with Crippen LogP contribution in [0, 0.1) is 5.41 Å². The van der Waals surface area contributed by atoms with Crippen LogP contribution in [-0.2, 0) is 4.79 Å². The molecule has 0 heterocycles. The first kappa shape index (κ1) is 11.7. The molecule has 2 aliphatic rings. The van der Waals surface area contributed by atoms with Crippen molar-refractivity contribution in [1.82, 2.24) is 5.32 Å². The summed E-state index contributed by atoms with van der Waals surface area (Å²) >= 11 is 0. The maximum Gasteiger partial charge on any atom is 0.224 e. The molecule has 96 valence electrons. The predicted octanol–water partition coefficient (Wildman–Crippen LogP) is 1.79. The Morgan fingerprint density at radius 3 is 2.61 bits per heavy atom. The Morgan fingerprint density at radius 1 is 1.33 bits per heavy atom. The van der Waals surface area contributed by atoms with Gasteiger partial charge in [-0.3, -0.25) is 4.79 Å². The Hall–Kier alpha value is -1.35. The first-order valence-corrected chi connectivity index (χ1v) is 6.79. The van der Waals surface area contributed by atoms with Crippen molar-refractivity contribution in [3.05, 3.63) is 35.9 Å². The molecule has 3 heteroatoms. The monoisotopic (exact) mass is 244 g/mol. The molecule has 3 N–H and O–H groups in total. The summed E-state index contributed by atoms with van der Waals surface area (Å²) in [6.45, 7) is 0.760. The van der Waals surface area contributed by atoms with Crippen LogP contribution in [0.4, 0.5) is 0 Å². The highest BCUT2D eigenvalue weighted by atomic mass is 16.1. The van der Waals surface area contributed by atoms with Crippen LogP contribution in [0.1, 0.15) is 37.2 Å². The van der Waals surface area contributed by atoms with E-state index in [1.165, 1.54) is 12.0 Å². The Labute approximate surface area is 108 Å². The standard InChI is InChI=1S/C15H20N2O/c16-14(18)15(7-4-8-15)10-17-13-9-12(13)11-5-2-1-3-6-11/h1-3,5-6,12-13,17H,4,7-10H2,(H2,16,18)/t12?,13-/m0/s1. The number of carbonyl (C=O) groups is 1. The van der Waals surface area contributed by atoms with Crippen molar-refractivity contribution >= 4 is 5.91 Å². The van der Waals surface area contributed by atoms with E-state index in [1.54, 1.807) is 0 Å². The fourth-order valence-electron chi connectivity index (χ4n) is 2.93. The minimum Gasteiger partial charge on any atom is -0.369 e. The van der Waals surface area contributed by atoms with Crippen LogP contribution >= 0.6 is 0 Å². The second kappa shape index (κ2) is 4.39. The molecule has 0 aromatic heterocycles. The summed E-state index contributed by atoms with van der Waals surface area (Å²) < 4.78 is 0. The molecule has 1 unspecified atom stereocenters. The first-order chi connectivity index (χ1) is 8.71. The molecule has 1 amide bonds. The molecule has 0 radical (unpaired) electrons. The van der Waals surface area contributed by atoms with Crippen molar-refractivity contribution in [3.63, 3.8) is 0 Å². The molecule has 0 spiro atoms. The summed E-state index contributed by atoms with van der Waals surface area (Å²) in [5, 5.41) is 3.53. The third-order valence-electron chi connectivity index (χ3n) is 4.55. The number of primary amides is 1. The average Bonchev–Trinajstić information content (AvgIpc) is 3.08. The van der Waals surface area contributed by atoms with Gasteiger partial charge in [0, 0.05) is 18.5 Å². The summed E-state index contributed by atoms with van der Waals surface area (Å²) in [6, 6.07) is 11.1. The molecule has 2 saturated carbocycles. The van der Waals surface area contributed by atoms with Gasteiger partial charge in [-0.25, -0.2) is 0 Å². The van der Waals surface area contributed by atoms with E-state index in [4.69, 9.17) is 5.73 Å². The molecule has 2 atom stereocenters. The van der Waals surface area contributed by atoms with Crippen LogP contribution < -0.4 is 11.1 Å². The molecule has 2 fully saturated rings. The normalized spacial score (nSPS) is 28.4. The fourth-order valence-corrected chi connectivity index (χ4v) is 2.93. The second-order valence-electron chi connectivity index (χ2n) is 5.74. The lowest BCUT2D eigenvalue weighted by Gasteiger charge is -2.39. The molecule has 1 aromatic carbocycles. The number of hydrogen-bond donors (Lipinski definition) is 2. The number of carbonyl (C=O) groups excluding carboxylic acids is 1. The van der Waals surface area contributed by atoms with E-state index in [2.05, 4.69) is 29.6 Å². The van der Waals surface area contributed by atoms with Crippen molar-refractivity contribution in [1.29, 1.82) is 0 Å². The Balaban J connectivity index is 1.53. The van der Waals surface area contributed by atoms with Gasteiger partial charge in [0.2, 0.25) is 5.91 Å². The molecule has 0 aliphatic heterocycles. The van der Waals surface area contributed by atoms with Crippen molar-refractivity contribution in [2.75, 3.05) is 6.54 Å². The largest absolute Gasteiger partial charge is 0.369 e. The number of rotatable bonds is 5. The Bertz CT molecular complexity index is 439. The topological polar surface area (TPSA) is 55.1 Å². The summed E-state index contributed by atoms with van der Waals surface area (Å²) in [7, 11) is 0. The van der Waals surface area contributed by atoms with Crippen molar-refractivity contribution < 1.29 is 4.79 Å². The van der Waals surface area contributed by atoms with Gasteiger partial charge in [0.05, 0.1) is 5.41 Å². The minimum atomic E-state index is -0.246. The molecular formula is C15H20N2O. The molecule has 0 bridgehead atoms. The highest BCUT2D eigenvalue weighted by molar-refractivity contribution is 5.82. The molecule has 18 heavy (non-hydrogen) atoms. The van der Waals surface area contributed by atoms with Gasteiger partial charge >= 0.3 is 0 Å². The number of benzene rings is 1. The van der Waals surface area contributed by atoms with Gasteiger partial charge in [-0.05, 0) is 24.8 Å². The summed E-state index contributed by atoms with van der Waals surface area (Å²) in [6.07, 6.45) is 4.23. The molecule has 2 aliphatic carbocycles. The smallest absolute Gasteiger partial charge is 0.224 e. The highest BCUT2D eigenvalue weighted by Gasteiger charge is 2.45. The molecule has 0 saturated heterocycles. The zero-order chi connectivity index (χ0) is 12.6. The van der Waals surface area contributed by atoms with Gasteiger partial charge in [-0.2, -0.15) is 0 Å². The van der Waals surface area contributed by atoms with Crippen LogP contribution in [0.25, 0.3) is 0 Å². The van der Waals surface area contributed by atoms with E-state index in [-0.39, 0.29) is 11.3 Å². The van der Waals surface area contributed by atoms with E-state index in [0.29, 0.717) is 12.0 Å². The lowest BCUT2D eigenvalue weighted by molar-refractivity contribution is -0.132. The molecular weight excluding hydrogens is 224 g/mol. The van der Waals surface area contributed by atoms with E-state index in [1.807, 2.05) is 6.07 Å². The van der Waals surface area contributed by atoms with Crippen molar-refractivity contribution in [2.24, 2.45) is 11.1 Å². The molecule has 3 rings (SSSR count). The molecule has 3 nitrogen and oxygen atoms in total. The number of hydrogen-bond acceptors (Lipinski definition) is 2. The predicted molar refractivity (Wildman–Crippen MR) is 71.1 cm³/mol. The zero-order valence-electron chi connectivity index (χ0n) is 10.6. The Morgan fingerprint density at radius 2 is 2.06 bits per heavy atom. The summed E-state index contributed by atoms with van der Waals surface area (Å²) in [5.41, 5.74) is 6.66. The van der Waals surface area contributed by atoms with E-state index in [9.17, 15) is 4.79 Å². The van der Waals surface area contributed by atoms with E-state index in [0.717, 1.165) is 25.8 Å². The number of nitrogens with one attached hydrogen (secondary N) is 1. The van der Waals surface area contributed by atoms with Crippen molar-refractivity contribution in [2.45, 2.75) is 37.6 Å². The maximum atomic E-state index is 11.5. The van der Waals surface area contributed by atoms with Gasteiger partial charge in [-0.1, -0.05) is 36.8 Å². The van der Waals surface area contributed by atoms with Gasteiger partial charge < -0.3 is 11.1 Å². The quantitative estimate of drug-likeness (QED) is 0.829. The SMILES string of the molecule is NC(=O)C1(CN[C@H]2CC2c2ccccc2)CCC1. The van der Waals surface area contributed by atoms with Gasteiger partial charge in [0.1, 0.15) is 0 Å². The van der Waals surface area contributed by atoms with E-state index >= 15 is 0 Å². The minimum absolute atomic E-state index is 0.127. The fraction of sp³-hybridized carbons (Fsp3) is 0.533. The van der Waals surface area contributed by atoms with Crippen LogP contribution in [0.5, 0.6) is 0 Å². The van der Waals surface area contributed by atoms with Gasteiger partial charge in [0.15, 0.2) is 0 Å². The third-order valence-corrected chi connectivity index (χ3v) is 4.55. The zero-order valence-corrected chi connectivity index (χ0v) is 10.6. The van der Waals surface area contributed by atoms with Crippen molar-refractivity contribution in [3.8, 4) is 0 Å². The summed E-state index contributed by atoms with van der Waals surface area (Å²) in [4.78, 5) is 11.5. The van der Waals surface area contributed by atoms with E-state index < -0.39 is 0 Å². The number of amides is 1. The maximum absolute atomic E-state index is 11.5. The Kier molecular flexibility index (Phi) is 2.86.